The maximum absolute atomic E-state index is 11.3. The normalized spacial score (nSPS) is 27.8. The predicted molar refractivity (Wildman–Crippen MR) is 93.2 cm³/mol. The summed E-state index contributed by atoms with van der Waals surface area (Å²) in [5, 5.41) is 38.8. The second-order valence-corrected chi connectivity index (χ2v) is 7.54. The summed E-state index contributed by atoms with van der Waals surface area (Å²) in [7, 11) is -4.89. The van der Waals surface area contributed by atoms with Crippen LogP contribution in [0.3, 0.4) is 0 Å². The molecule has 2 heterocycles. The monoisotopic (exact) mass is 408 g/mol. The molecule has 2 aromatic rings. The average molecular weight is 408 g/mol. The summed E-state index contributed by atoms with van der Waals surface area (Å²) in [6.45, 7) is 0. The van der Waals surface area contributed by atoms with E-state index in [1.807, 2.05) is 6.07 Å². The van der Waals surface area contributed by atoms with Gasteiger partial charge in [-0.15, -0.1) is 0 Å². The number of rotatable bonds is 4. The molecular weight excluding hydrogens is 392 g/mol. The molecule has 0 radical (unpaired) electrons. The highest BCUT2D eigenvalue weighted by Gasteiger charge is 2.50. The number of hydrogen-bond donors (Lipinski definition) is 4. The predicted octanol–water partition coefficient (Wildman–Crippen LogP) is -0.348. The quantitative estimate of drug-likeness (QED) is 0.490. The summed E-state index contributed by atoms with van der Waals surface area (Å²) in [4.78, 5) is 3.98. The number of pyridine rings is 1. The Kier molecular flexibility index (Phi) is 5.61. The molecule has 3 rings (SSSR count). The van der Waals surface area contributed by atoms with Gasteiger partial charge < -0.3 is 24.8 Å². The lowest BCUT2D eigenvalue weighted by Gasteiger charge is -2.38. The van der Waals surface area contributed by atoms with Crippen LogP contribution in [0, 0.1) is 11.3 Å². The molecule has 4 N–H and O–H groups in total. The maximum atomic E-state index is 11.3. The number of aromatic nitrogens is 1. The Balaban J connectivity index is 1.88. The zero-order chi connectivity index (χ0) is 20.5. The standard InChI is InChI=1S/C17H16N2O8S/c18-6-9-3-1-2-4-12(9)10-5-11(8-19-7-10)26-16-14(21)13(20)15(22)17(27-16)28(23,24)25/h1-5,7-8,13-17,20-22H,(H,23,24,25)/t13-,14-,15+,16-,17?/m1/s1. The van der Waals surface area contributed by atoms with E-state index >= 15 is 0 Å². The van der Waals surface area contributed by atoms with Crippen LogP contribution in [-0.4, -0.2) is 63.3 Å². The van der Waals surface area contributed by atoms with Gasteiger partial charge in [0.25, 0.3) is 10.1 Å². The van der Waals surface area contributed by atoms with Crippen LogP contribution in [-0.2, 0) is 14.9 Å². The van der Waals surface area contributed by atoms with E-state index in [4.69, 9.17) is 14.0 Å². The van der Waals surface area contributed by atoms with Crippen LogP contribution in [0.5, 0.6) is 5.75 Å². The van der Waals surface area contributed by atoms with Crippen LogP contribution in [0.4, 0.5) is 0 Å². The first-order valence-corrected chi connectivity index (χ1v) is 9.50. The van der Waals surface area contributed by atoms with Gasteiger partial charge in [-0.1, -0.05) is 18.2 Å². The second kappa shape index (κ2) is 7.80. The molecule has 1 fully saturated rings. The minimum atomic E-state index is -4.89. The molecule has 28 heavy (non-hydrogen) atoms. The van der Waals surface area contributed by atoms with Crippen molar-refractivity contribution in [3.63, 3.8) is 0 Å². The molecule has 0 amide bonds. The van der Waals surface area contributed by atoms with Crippen LogP contribution < -0.4 is 4.74 Å². The van der Waals surface area contributed by atoms with E-state index in [9.17, 15) is 29.0 Å². The molecule has 1 saturated heterocycles. The molecule has 0 bridgehead atoms. The first-order chi connectivity index (χ1) is 13.2. The SMILES string of the molecule is N#Cc1ccccc1-c1cncc(O[C@@H]2OC(S(=O)(=O)O)[C@@H](O)[C@H](O)[C@H]2O)c1. The molecule has 11 heteroatoms. The van der Waals surface area contributed by atoms with E-state index in [-0.39, 0.29) is 5.75 Å². The Bertz CT molecular complexity index is 1010. The third-order valence-corrected chi connectivity index (χ3v) is 5.12. The van der Waals surface area contributed by atoms with Crippen molar-refractivity contribution >= 4 is 10.1 Å². The topological polar surface area (TPSA) is 170 Å². The van der Waals surface area contributed by atoms with Gasteiger partial charge >= 0.3 is 0 Å². The van der Waals surface area contributed by atoms with E-state index in [2.05, 4.69) is 4.98 Å². The fraction of sp³-hybridized carbons (Fsp3) is 0.294. The van der Waals surface area contributed by atoms with E-state index in [0.717, 1.165) is 0 Å². The summed E-state index contributed by atoms with van der Waals surface area (Å²) in [6, 6.07) is 10.3. The van der Waals surface area contributed by atoms with Crippen molar-refractivity contribution in [2.24, 2.45) is 0 Å². The van der Waals surface area contributed by atoms with Crippen molar-refractivity contribution in [3.05, 3.63) is 48.3 Å². The van der Waals surface area contributed by atoms with Gasteiger partial charge in [-0.25, -0.2) is 0 Å². The number of hydrogen-bond acceptors (Lipinski definition) is 9. The summed E-state index contributed by atoms with van der Waals surface area (Å²) in [5.41, 5.74) is -0.738. The fourth-order valence-corrected chi connectivity index (χ4v) is 3.52. The third-order valence-electron chi connectivity index (χ3n) is 4.14. The van der Waals surface area contributed by atoms with Crippen molar-refractivity contribution in [1.82, 2.24) is 4.98 Å². The van der Waals surface area contributed by atoms with Crippen molar-refractivity contribution in [3.8, 4) is 22.9 Å². The van der Waals surface area contributed by atoms with Gasteiger partial charge in [-0.05, 0) is 12.1 Å². The molecule has 5 atom stereocenters. The highest BCUT2D eigenvalue weighted by atomic mass is 32.2. The van der Waals surface area contributed by atoms with Gasteiger partial charge in [0.05, 0.1) is 17.8 Å². The molecular formula is C17H16N2O8S. The number of nitriles is 1. The third kappa shape index (κ3) is 3.97. The van der Waals surface area contributed by atoms with Crippen LogP contribution in [0.2, 0.25) is 0 Å². The smallest absolute Gasteiger partial charge is 0.295 e. The van der Waals surface area contributed by atoms with Crippen molar-refractivity contribution in [1.29, 1.82) is 5.26 Å². The van der Waals surface area contributed by atoms with E-state index < -0.39 is 40.2 Å². The van der Waals surface area contributed by atoms with Gasteiger partial charge in [0.2, 0.25) is 11.7 Å². The summed E-state index contributed by atoms with van der Waals surface area (Å²) < 4.78 is 42.1. The average Bonchev–Trinajstić information content (AvgIpc) is 2.67. The molecule has 1 aliphatic rings. The summed E-state index contributed by atoms with van der Waals surface area (Å²) in [6.07, 6.45) is -4.82. The highest BCUT2D eigenvalue weighted by Crippen LogP contribution is 2.29. The Morgan fingerprint density at radius 3 is 2.50 bits per heavy atom. The second-order valence-electron chi connectivity index (χ2n) is 6.04. The molecule has 0 saturated carbocycles. The zero-order valence-electron chi connectivity index (χ0n) is 14.2. The lowest BCUT2D eigenvalue weighted by atomic mass is 10.0. The van der Waals surface area contributed by atoms with E-state index in [1.165, 1.54) is 18.5 Å². The molecule has 0 aliphatic carbocycles. The minimum absolute atomic E-state index is 0.0342. The Morgan fingerprint density at radius 2 is 1.82 bits per heavy atom. The molecule has 10 nitrogen and oxygen atoms in total. The van der Waals surface area contributed by atoms with Gasteiger partial charge in [-0.2, -0.15) is 13.7 Å². The molecule has 0 spiro atoms. The number of aliphatic hydroxyl groups is 3. The number of aliphatic hydroxyl groups excluding tert-OH is 3. The van der Waals surface area contributed by atoms with E-state index in [1.54, 1.807) is 24.3 Å². The molecule has 1 aromatic carbocycles. The molecule has 148 valence electrons. The zero-order valence-corrected chi connectivity index (χ0v) is 15.0. The van der Waals surface area contributed by atoms with Crippen LogP contribution in [0.1, 0.15) is 5.56 Å². The van der Waals surface area contributed by atoms with Gasteiger partial charge in [-0.3, -0.25) is 9.54 Å². The first kappa shape index (κ1) is 20.2. The summed E-state index contributed by atoms with van der Waals surface area (Å²) >= 11 is 0. The van der Waals surface area contributed by atoms with E-state index in [0.29, 0.717) is 16.7 Å². The Labute approximate surface area is 160 Å². The number of ether oxygens (including phenoxy) is 2. The maximum Gasteiger partial charge on any atom is 0.295 e. The van der Waals surface area contributed by atoms with Gasteiger partial charge in [0.1, 0.15) is 24.1 Å². The van der Waals surface area contributed by atoms with Gasteiger partial charge in [0.15, 0.2) is 0 Å². The Morgan fingerprint density at radius 1 is 1.11 bits per heavy atom. The first-order valence-electron chi connectivity index (χ1n) is 7.99. The summed E-state index contributed by atoms with van der Waals surface area (Å²) in [5.74, 6) is 0.0342. The van der Waals surface area contributed by atoms with Crippen LogP contribution in [0.15, 0.2) is 42.7 Å². The Hall–Kier alpha value is -2.59. The van der Waals surface area contributed by atoms with Crippen LogP contribution >= 0.6 is 0 Å². The number of nitrogens with zero attached hydrogens (tertiary/aromatic N) is 2. The van der Waals surface area contributed by atoms with Crippen LogP contribution in [0.25, 0.3) is 11.1 Å². The number of benzene rings is 1. The molecule has 1 unspecified atom stereocenters. The molecule has 1 aliphatic heterocycles. The largest absolute Gasteiger partial charge is 0.460 e. The van der Waals surface area contributed by atoms with Crippen molar-refractivity contribution in [2.75, 3.05) is 0 Å². The van der Waals surface area contributed by atoms with Crippen molar-refractivity contribution < 1.29 is 37.8 Å². The van der Waals surface area contributed by atoms with Crippen molar-refractivity contribution in [2.45, 2.75) is 30.0 Å². The lowest BCUT2D eigenvalue weighted by Crippen LogP contribution is -2.61. The minimum Gasteiger partial charge on any atom is -0.460 e. The van der Waals surface area contributed by atoms with Gasteiger partial charge in [0, 0.05) is 17.3 Å². The molecule has 1 aromatic heterocycles. The lowest BCUT2D eigenvalue weighted by molar-refractivity contribution is -0.254. The highest BCUT2D eigenvalue weighted by molar-refractivity contribution is 7.86. The fourth-order valence-electron chi connectivity index (χ4n) is 2.76.